The molecule has 0 amide bonds. The predicted molar refractivity (Wildman–Crippen MR) is 55.1 cm³/mol. The van der Waals surface area contributed by atoms with Crippen LogP contribution in [-0.4, -0.2) is 16.7 Å². The third-order valence-electron chi connectivity index (χ3n) is 2.39. The van der Waals surface area contributed by atoms with E-state index in [0.29, 0.717) is 12.2 Å². The number of rotatable bonds is 2. The fraction of sp³-hybridized carbons (Fsp3) is 0.333. The van der Waals surface area contributed by atoms with E-state index >= 15 is 0 Å². The molecule has 0 radical (unpaired) electrons. The first-order valence-electron chi connectivity index (χ1n) is 4.25. The van der Waals surface area contributed by atoms with E-state index < -0.39 is 28.0 Å². The van der Waals surface area contributed by atoms with Crippen molar-refractivity contribution in [3.05, 3.63) is 23.9 Å². The minimum absolute atomic E-state index is 0.223. The Balaban J connectivity index is 3.43. The van der Waals surface area contributed by atoms with Gasteiger partial charge in [0.05, 0.1) is 0 Å². The normalized spacial score (nSPS) is 23.1. The molecule has 0 fully saturated rings. The van der Waals surface area contributed by atoms with E-state index in [1.165, 1.54) is 0 Å². The van der Waals surface area contributed by atoms with Crippen molar-refractivity contribution in [1.82, 2.24) is 0 Å². The van der Waals surface area contributed by atoms with Gasteiger partial charge in [-0.25, -0.2) is 0 Å². The third kappa shape index (κ3) is 2.32. The van der Waals surface area contributed by atoms with Crippen LogP contribution < -0.4 is 5.73 Å². The molecule has 0 heterocycles. The van der Waals surface area contributed by atoms with E-state index in [9.17, 15) is 22.8 Å². The molecule has 0 spiro atoms. The van der Waals surface area contributed by atoms with Crippen LogP contribution in [0.5, 0.6) is 0 Å². The average molecular weight is 288 g/mol. The van der Waals surface area contributed by atoms with Crippen LogP contribution in [0.15, 0.2) is 23.9 Å². The topological polar surface area (TPSA) is 60.2 Å². The van der Waals surface area contributed by atoms with Gasteiger partial charge >= 0.3 is 6.18 Å². The number of hydrogen-bond acceptors (Lipinski definition) is 3. The van der Waals surface area contributed by atoms with Gasteiger partial charge in [-0.15, -0.1) is 0 Å². The molecule has 0 aromatic rings. The minimum atomic E-state index is -4.87. The smallest absolute Gasteiger partial charge is 0.397 e. The first-order valence-corrected chi connectivity index (χ1v) is 5.01. The Morgan fingerprint density at radius 3 is 2.12 bits per heavy atom. The maximum Gasteiger partial charge on any atom is 0.397 e. The molecule has 0 aliphatic heterocycles. The highest BCUT2D eigenvalue weighted by Gasteiger charge is 2.59. The number of halogens is 5. The zero-order chi connectivity index (χ0) is 13.4. The van der Waals surface area contributed by atoms with Gasteiger partial charge < -0.3 is 5.73 Å². The minimum Gasteiger partial charge on any atom is -0.399 e. The number of hydrogen-bond donors (Lipinski definition) is 1. The van der Waals surface area contributed by atoms with Crippen molar-refractivity contribution in [2.24, 2.45) is 17.1 Å². The van der Waals surface area contributed by atoms with E-state index in [1.807, 2.05) is 0 Å². The lowest BCUT2D eigenvalue weighted by Gasteiger charge is -2.33. The van der Waals surface area contributed by atoms with Crippen LogP contribution in [-0.2, 0) is 9.59 Å². The van der Waals surface area contributed by atoms with E-state index in [0.717, 1.165) is 6.08 Å². The predicted octanol–water partition coefficient (Wildman–Crippen LogP) is 2.09. The summed E-state index contributed by atoms with van der Waals surface area (Å²) >= 11 is 10.2. The van der Waals surface area contributed by atoms with Gasteiger partial charge in [-0.3, -0.25) is 9.59 Å². The molecule has 0 saturated heterocycles. The maximum absolute atomic E-state index is 12.8. The summed E-state index contributed by atoms with van der Waals surface area (Å²) in [5, 5.41) is -3.00. The number of nitrogens with two attached hydrogens (primary N) is 1. The first kappa shape index (κ1) is 14.1. The molecule has 0 aromatic carbocycles. The number of carbonyl (C=O) groups excluding carboxylic acids is 2. The Morgan fingerprint density at radius 1 is 1.29 bits per heavy atom. The molecule has 0 saturated carbocycles. The summed E-state index contributed by atoms with van der Waals surface area (Å²) in [4.78, 5) is 22.3. The van der Waals surface area contributed by atoms with Gasteiger partial charge in [0.15, 0.2) is 5.41 Å². The van der Waals surface area contributed by atoms with Gasteiger partial charge in [0, 0.05) is 5.70 Å². The van der Waals surface area contributed by atoms with Crippen molar-refractivity contribution in [2.75, 3.05) is 0 Å². The molecular formula is C9H6Cl2F3NO2. The van der Waals surface area contributed by atoms with Crippen LogP contribution in [0.25, 0.3) is 0 Å². The first-order chi connectivity index (χ1) is 7.62. The average Bonchev–Trinajstić information content (AvgIpc) is 2.15. The third-order valence-corrected chi connectivity index (χ3v) is 3.02. The molecular weight excluding hydrogens is 282 g/mol. The number of allylic oxidation sites excluding steroid dienone is 3. The molecule has 1 aliphatic carbocycles. The zero-order valence-electron chi connectivity index (χ0n) is 8.09. The summed E-state index contributed by atoms with van der Waals surface area (Å²) in [5.41, 5.74) is 2.34. The molecule has 1 aliphatic rings. The summed E-state index contributed by atoms with van der Waals surface area (Å²) < 4.78 is 38.3. The summed E-state index contributed by atoms with van der Waals surface area (Å²) in [6.45, 7) is 0. The molecule has 1 atom stereocenters. The lowest BCUT2D eigenvalue weighted by Crippen LogP contribution is -2.47. The van der Waals surface area contributed by atoms with Crippen molar-refractivity contribution >= 4 is 33.7 Å². The molecule has 8 heteroatoms. The number of carbonyl (C=O) groups is 2. The fourth-order valence-electron chi connectivity index (χ4n) is 1.52. The van der Waals surface area contributed by atoms with E-state index in [2.05, 4.69) is 0 Å². The fourth-order valence-corrected chi connectivity index (χ4v) is 2.10. The maximum atomic E-state index is 12.8. The highest BCUT2D eigenvalue weighted by molar-refractivity contribution is 6.75. The summed E-state index contributed by atoms with van der Waals surface area (Å²) in [5.74, 6) is -2.46. The standard InChI is InChI=1S/C9H6Cl2F3NO2/c10-6(16)8(7(11)17)2-1-4(15)3-5(8)9(12,13)14/h1-3,5H,15H2. The van der Waals surface area contributed by atoms with Gasteiger partial charge in [0.1, 0.15) is 5.92 Å². The second-order valence-corrected chi connectivity index (χ2v) is 4.12. The molecule has 1 rings (SSSR count). The Hall–Kier alpha value is -1.01. The largest absolute Gasteiger partial charge is 0.399 e. The van der Waals surface area contributed by atoms with Gasteiger partial charge in [0.25, 0.3) is 0 Å². The van der Waals surface area contributed by atoms with Crippen LogP contribution in [0.3, 0.4) is 0 Å². The Morgan fingerprint density at radius 2 is 1.76 bits per heavy atom. The zero-order valence-corrected chi connectivity index (χ0v) is 9.60. The molecule has 1 unspecified atom stereocenters. The molecule has 0 aromatic heterocycles. The van der Waals surface area contributed by atoms with Crippen LogP contribution >= 0.6 is 23.2 Å². The van der Waals surface area contributed by atoms with Crippen LogP contribution in [0.2, 0.25) is 0 Å². The Kier molecular flexibility index (Phi) is 3.59. The highest BCUT2D eigenvalue weighted by Crippen LogP contribution is 2.47. The summed E-state index contributed by atoms with van der Waals surface area (Å²) in [6.07, 6.45) is -2.65. The number of alkyl halides is 3. The van der Waals surface area contributed by atoms with Crippen molar-refractivity contribution in [3.63, 3.8) is 0 Å². The quantitative estimate of drug-likeness (QED) is 0.625. The summed E-state index contributed by atoms with van der Waals surface area (Å²) in [6, 6.07) is 0. The lowest BCUT2D eigenvalue weighted by molar-refractivity contribution is -0.186. The van der Waals surface area contributed by atoms with Crippen LogP contribution in [0.1, 0.15) is 0 Å². The monoisotopic (exact) mass is 287 g/mol. The Bertz CT molecular complexity index is 414. The van der Waals surface area contributed by atoms with Gasteiger partial charge in [-0.05, 0) is 35.4 Å². The SMILES string of the molecule is NC1=CC(C(F)(F)F)C(C(=O)Cl)(C(=O)Cl)C=C1. The summed E-state index contributed by atoms with van der Waals surface area (Å²) in [7, 11) is 0. The second kappa shape index (κ2) is 4.34. The molecule has 3 nitrogen and oxygen atoms in total. The van der Waals surface area contributed by atoms with Gasteiger partial charge in [-0.1, -0.05) is 6.08 Å². The van der Waals surface area contributed by atoms with Crippen molar-refractivity contribution in [3.8, 4) is 0 Å². The van der Waals surface area contributed by atoms with Crippen molar-refractivity contribution in [1.29, 1.82) is 0 Å². The van der Waals surface area contributed by atoms with Gasteiger partial charge in [0.2, 0.25) is 10.5 Å². The van der Waals surface area contributed by atoms with E-state index in [1.54, 1.807) is 0 Å². The van der Waals surface area contributed by atoms with Crippen molar-refractivity contribution < 1.29 is 22.8 Å². The van der Waals surface area contributed by atoms with E-state index in [-0.39, 0.29) is 5.70 Å². The molecule has 0 bridgehead atoms. The lowest BCUT2D eigenvalue weighted by atomic mass is 9.73. The second-order valence-electron chi connectivity index (χ2n) is 3.44. The highest BCUT2D eigenvalue weighted by atomic mass is 35.5. The molecule has 17 heavy (non-hydrogen) atoms. The van der Waals surface area contributed by atoms with Gasteiger partial charge in [-0.2, -0.15) is 13.2 Å². The molecule has 2 N–H and O–H groups in total. The molecule has 94 valence electrons. The Labute approximate surface area is 104 Å². The van der Waals surface area contributed by atoms with E-state index in [4.69, 9.17) is 28.9 Å². The van der Waals surface area contributed by atoms with Crippen molar-refractivity contribution in [2.45, 2.75) is 6.18 Å². The van der Waals surface area contributed by atoms with Crippen LogP contribution in [0, 0.1) is 11.3 Å². The van der Waals surface area contributed by atoms with Crippen LogP contribution in [0.4, 0.5) is 13.2 Å².